The van der Waals surface area contributed by atoms with Crippen LogP contribution in [-0.2, 0) is 9.59 Å². The van der Waals surface area contributed by atoms with Gasteiger partial charge in [-0.2, -0.15) is 0 Å². The van der Waals surface area contributed by atoms with Gasteiger partial charge in [-0.1, -0.05) is 0 Å². The van der Waals surface area contributed by atoms with Gasteiger partial charge in [-0.05, 0) is 6.42 Å². The maximum atomic E-state index is 11.1. The van der Waals surface area contributed by atoms with E-state index in [0.717, 1.165) is 13.0 Å². The van der Waals surface area contributed by atoms with Crippen molar-refractivity contribution in [3.63, 3.8) is 0 Å². The SMILES string of the molecule is O=C(O)C1SC2CCN2C1=O. The Hall–Kier alpha value is -0.710. The molecule has 2 unspecified atom stereocenters. The highest BCUT2D eigenvalue weighted by Crippen LogP contribution is 2.39. The van der Waals surface area contributed by atoms with E-state index in [2.05, 4.69) is 0 Å². The summed E-state index contributed by atoms with van der Waals surface area (Å²) in [4.78, 5) is 23.2. The van der Waals surface area contributed by atoms with Gasteiger partial charge in [0.2, 0.25) is 5.91 Å². The Morgan fingerprint density at radius 3 is 2.73 bits per heavy atom. The fraction of sp³-hybridized carbons (Fsp3) is 0.667. The first-order valence-corrected chi connectivity index (χ1v) is 4.33. The molecule has 0 saturated carbocycles. The molecule has 0 aromatic carbocycles. The first-order chi connectivity index (χ1) is 5.20. The van der Waals surface area contributed by atoms with Gasteiger partial charge in [0, 0.05) is 6.54 Å². The summed E-state index contributed by atoms with van der Waals surface area (Å²) in [5, 5.41) is 7.90. The second kappa shape index (κ2) is 2.14. The quantitative estimate of drug-likeness (QED) is 0.555. The molecule has 2 aliphatic heterocycles. The van der Waals surface area contributed by atoms with Crippen molar-refractivity contribution in [1.29, 1.82) is 0 Å². The molecule has 2 aliphatic rings. The van der Waals surface area contributed by atoms with E-state index in [1.807, 2.05) is 0 Å². The molecule has 1 N–H and O–H groups in total. The van der Waals surface area contributed by atoms with Crippen LogP contribution in [0.25, 0.3) is 0 Å². The number of carbonyl (C=O) groups excluding carboxylic acids is 1. The number of rotatable bonds is 1. The number of nitrogens with zero attached hydrogens (tertiary/aromatic N) is 1. The van der Waals surface area contributed by atoms with E-state index in [9.17, 15) is 9.59 Å². The first kappa shape index (κ1) is 6.97. The molecule has 1 amide bonds. The number of hydrogen-bond donors (Lipinski definition) is 1. The maximum absolute atomic E-state index is 11.1. The fourth-order valence-electron chi connectivity index (χ4n) is 1.29. The number of carbonyl (C=O) groups is 2. The van der Waals surface area contributed by atoms with E-state index in [1.165, 1.54) is 11.8 Å². The van der Waals surface area contributed by atoms with Gasteiger partial charge >= 0.3 is 5.97 Å². The standard InChI is InChI=1S/C6H7NO3S/c8-5-4(6(9)10)11-3-1-2-7(3)5/h3-4H,1-2H2,(H,9,10). The van der Waals surface area contributed by atoms with Gasteiger partial charge in [0.25, 0.3) is 0 Å². The molecule has 0 bridgehead atoms. The predicted octanol–water partition coefficient (Wildman–Crippen LogP) is -0.255. The number of carboxylic acids is 1. The van der Waals surface area contributed by atoms with Crippen molar-refractivity contribution in [3.05, 3.63) is 0 Å². The van der Waals surface area contributed by atoms with Gasteiger partial charge in [-0.25, -0.2) is 0 Å². The molecular weight excluding hydrogens is 166 g/mol. The summed E-state index contributed by atoms with van der Waals surface area (Å²) in [5.41, 5.74) is 0. The minimum Gasteiger partial charge on any atom is -0.480 e. The molecule has 2 saturated heterocycles. The van der Waals surface area contributed by atoms with Crippen LogP contribution in [0.4, 0.5) is 0 Å². The minimum atomic E-state index is -1.01. The van der Waals surface area contributed by atoms with Gasteiger partial charge in [-0.15, -0.1) is 11.8 Å². The van der Waals surface area contributed by atoms with Gasteiger partial charge in [0.1, 0.15) is 0 Å². The van der Waals surface area contributed by atoms with E-state index in [1.54, 1.807) is 4.90 Å². The molecule has 2 rings (SSSR count). The summed E-state index contributed by atoms with van der Waals surface area (Å²) in [6.45, 7) is 0.736. The van der Waals surface area contributed by atoms with Crippen LogP contribution < -0.4 is 0 Å². The van der Waals surface area contributed by atoms with Crippen LogP contribution in [0.2, 0.25) is 0 Å². The zero-order chi connectivity index (χ0) is 8.01. The normalized spacial score (nSPS) is 34.9. The highest BCUT2D eigenvalue weighted by atomic mass is 32.2. The highest BCUT2D eigenvalue weighted by molar-refractivity contribution is 8.02. The molecule has 0 aromatic rings. The van der Waals surface area contributed by atoms with Crippen LogP contribution in [0.3, 0.4) is 0 Å². The molecule has 5 heteroatoms. The second-order valence-corrected chi connectivity index (χ2v) is 3.92. The molecule has 4 nitrogen and oxygen atoms in total. The van der Waals surface area contributed by atoms with Crippen LogP contribution >= 0.6 is 11.8 Å². The number of hydrogen-bond acceptors (Lipinski definition) is 3. The summed E-state index contributed by atoms with van der Waals surface area (Å²) in [7, 11) is 0. The molecule has 0 spiro atoms. The molecule has 2 atom stereocenters. The third-order valence-electron chi connectivity index (χ3n) is 1.99. The summed E-state index contributed by atoms with van der Waals surface area (Å²) < 4.78 is 0. The Morgan fingerprint density at radius 2 is 2.45 bits per heavy atom. The van der Waals surface area contributed by atoms with E-state index in [-0.39, 0.29) is 11.3 Å². The van der Waals surface area contributed by atoms with Crippen molar-refractivity contribution < 1.29 is 14.7 Å². The lowest BCUT2D eigenvalue weighted by Crippen LogP contribution is -2.45. The largest absolute Gasteiger partial charge is 0.480 e. The topological polar surface area (TPSA) is 57.6 Å². The molecule has 2 heterocycles. The van der Waals surface area contributed by atoms with E-state index >= 15 is 0 Å². The van der Waals surface area contributed by atoms with E-state index in [4.69, 9.17) is 5.11 Å². The first-order valence-electron chi connectivity index (χ1n) is 3.39. The van der Waals surface area contributed by atoms with Gasteiger partial charge in [0.15, 0.2) is 5.25 Å². The Bertz CT molecular complexity index is 230. The molecule has 0 aromatic heterocycles. The zero-order valence-electron chi connectivity index (χ0n) is 5.69. The van der Waals surface area contributed by atoms with Crippen LogP contribution in [0.5, 0.6) is 0 Å². The second-order valence-electron chi connectivity index (χ2n) is 2.63. The number of fused-ring (bicyclic) bond motifs is 1. The lowest BCUT2D eigenvalue weighted by Gasteiger charge is -2.33. The smallest absolute Gasteiger partial charge is 0.326 e. The molecule has 11 heavy (non-hydrogen) atoms. The molecular formula is C6H7NO3S. The minimum absolute atomic E-state index is 0.156. The van der Waals surface area contributed by atoms with Crippen LogP contribution in [-0.4, -0.2) is 39.1 Å². The fourth-order valence-corrected chi connectivity index (χ4v) is 2.57. The summed E-state index contributed by atoms with van der Waals surface area (Å²) in [5.74, 6) is -1.23. The van der Waals surface area contributed by atoms with Crippen molar-refractivity contribution in [2.45, 2.75) is 17.0 Å². The number of thioether (sulfide) groups is 1. The van der Waals surface area contributed by atoms with E-state index in [0.29, 0.717) is 0 Å². The van der Waals surface area contributed by atoms with Crippen LogP contribution in [0.15, 0.2) is 0 Å². The molecule has 60 valence electrons. The monoisotopic (exact) mass is 173 g/mol. The number of carboxylic acid groups (broad SMARTS) is 1. The van der Waals surface area contributed by atoms with Crippen molar-refractivity contribution in [1.82, 2.24) is 4.90 Å². The number of amides is 1. The summed E-state index contributed by atoms with van der Waals surface area (Å²) >= 11 is 1.25. The summed E-state index contributed by atoms with van der Waals surface area (Å²) in [6.07, 6.45) is 0.945. The van der Waals surface area contributed by atoms with E-state index < -0.39 is 11.2 Å². The van der Waals surface area contributed by atoms with Gasteiger partial charge in [-0.3, -0.25) is 9.59 Å². The van der Waals surface area contributed by atoms with Gasteiger partial charge < -0.3 is 10.0 Å². The van der Waals surface area contributed by atoms with Crippen LogP contribution in [0, 0.1) is 0 Å². The molecule has 0 aliphatic carbocycles. The van der Waals surface area contributed by atoms with Crippen molar-refractivity contribution in [2.75, 3.05) is 6.54 Å². The Labute approximate surface area is 67.6 Å². The molecule has 2 fully saturated rings. The average Bonchev–Trinajstić information content (AvgIpc) is 2.03. The van der Waals surface area contributed by atoms with Crippen LogP contribution in [0.1, 0.15) is 6.42 Å². The highest BCUT2D eigenvalue weighted by Gasteiger charge is 2.48. The lowest BCUT2D eigenvalue weighted by atomic mass is 10.2. The Morgan fingerprint density at radius 1 is 1.73 bits per heavy atom. The maximum Gasteiger partial charge on any atom is 0.326 e. The predicted molar refractivity (Wildman–Crippen MR) is 39.1 cm³/mol. The lowest BCUT2D eigenvalue weighted by molar-refractivity contribution is -0.143. The van der Waals surface area contributed by atoms with Gasteiger partial charge in [0.05, 0.1) is 5.37 Å². The Kier molecular flexibility index (Phi) is 1.35. The Balaban J connectivity index is 2.15. The van der Waals surface area contributed by atoms with Crippen molar-refractivity contribution >= 4 is 23.6 Å². The summed E-state index contributed by atoms with van der Waals surface area (Å²) in [6, 6.07) is 0. The van der Waals surface area contributed by atoms with Crippen molar-refractivity contribution in [2.24, 2.45) is 0 Å². The van der Waals surface area contributed by atoms with Crippen molar-refractivity contribution in [3.8, 4) is 0 Å². The average molecular weight is 173 g/mol. The zero-order valence-corrected chi connectivity index (χ0v) is 6.50. The third-order valence-corrected chi connectivity index (χ3v) is 3.47. The number of aliphatic carboxylic acids is 1. The third kappa shape index (κ3) is 0.837. The molecule has 0 radical (unpaired) electrons.